The van der Waals surface area contributed by atoms with Crippen LogP contribution in [0.1, 0.15) is 46.3 Å². The number of aryl methyl sites for hydroxylation is 1. The molecule has 0 aliphatic heterocycles. The van der Waals surface area contributed by atoms with Crippen molar-refractivity contribution in [3.05, 3.63) is 21.4 Å². The fourth-order valence-electron chi connectivity index (χ4n) is 1.40. The van der Waals surface area contributed by atoms with Gasteiger partial charge in [-0.15, -0.1) is 11.3 Å². The summed E-state index contributed by atoms with van der Waals surface area (Å²) in [7, 11) is 0. The standard InChI is InChI=1S/C12H18O3S/c1-3-4-5-6-15-8-10-7-11(12(13)14)16-9(10)2/h7H,3-6,8H2,1-2H3,(H,13,14). The lowest BCUT2D eigenvalue weighted by molar-refractivity contribution is 0.0702. The molecule has 0 aliphatic rings. The molecule has 1 aromatic heterocycles. The number of carbonyl (C=O) groups is 1. The molecule has 0 bridgehead atoms. The van der Waals surface area contributed by atoms with Crippen molar-refractivity contribution >= 4 is 17.3 Å². The second-order valence-corrected chi connectivity index (χ2v) is 5.01. The summed E-state index contributed by atoms with van der Waals surface area (Å²) in [6.45, 7) is 5.37. The van der Waals surface area contributed by atoms with Crippen LogP contribution in [0, 0.1) is 6.92 Å². The molecule has 1 rings (SSSR count). The van der Waals surface area contributed by atoms with E-state index < -0.39 is 5.97 Å². The molecule has 1 aromatic rings. The van der Waals surface area contributed by atoms with Gasteiger partial charge in [-0.05, 0) is 25.0 Å². The summed E-state index contributed by atoms with van der Waals surface area (Å²) in [6.07, 6.45) is 3.44. The van der Waals surface area contributed by atoms with E-state index in [2.05, 4.69) is 6.92 Å². The van der Waals surface area contributed by atoms with E-state index in [-0.39, 0.29) is 0 Å². The molecule has 0 atom stereocenters. The first-order valence-corrected chi connectivity index (χ1v) is 6.37. The number of unbranched alkanes of at least 4 members (excludes halogenated alkanes) is 2. The Balaban J connectivity index is 2.39. The van der Waals surface area contributed by atoms with Crippen molar-refractivity contribution < 1.29 is 14.6 Å². The van der Waals surface area contributed by atoms with Gasteiger partial charge in [0.2, 0.25) is 0 Å². The molecule has 16 heavy (non-hydrogen) atoms. The van der Waals surface area contributed by atoms with Crippen LogP contribution in [0.25, 0.3) is 0 Å². The number of ether oxygens (including phenoxy) is 1. The molecule has 0 radical (unpaired) electrons. The zero-order chi connectivity index (χ0) is 12.0. The first kappa shape index (κ1) is 13.2. The van der Waals surface area contributed by atoms with Gasteiger partial charge in [-0.2, -0.15) is 0 Å². The van der Waals surface area contributed by atoms with Gasteiger partial charge in [-0.25, -0.2) is 4.79 Å². The summed E-state index contributed by atoms with van der Waals surface area (Å²) < 4.78 is 5.51. The minimum Gasteiger partial charge on any atom is -0.477 e. The summed E-state index contributed by atoms with van der Waals surface area (Å²) in [5.74, 6) is -0.856. The molecule has 3 nitrogen and oxygen atoms in total. The van der Waals surface area contributed by atoms with E-state index in [0.717, 1.165) is 23.5 Å². The number of carboxylic acid groups (broad SMARTS) is 1. The van der Waals surface area contributed by atoms with Crippen molar-refractivity contribution in [1.29, 1.82) is 0 Å². The Morgan fingerprint density at radius 2 is 2.25 bits per heavy atom. The van der Waals surface area contributed by atoms with E-state index in [1.165, 1.54) is 24.2 Å². The molecule has 0 saturated heterocycles. The van der Waals surface area contributed by atoms with E-state index >= 15 is 0 Å². The SMILES string of the molecule is CCCCCOCc1cc(C(=O)O)sc1C. The lowest BCUT2D eigenvalue weighted by Gasteiger charge is -2.02. The van der Waals surface area contributed by atoms with Crippen LogP contribution < -0.4 is 0 Å². The molecule has 0 aliphatic carbocycles. The minimum absolute atomic E-state index is 0.393. The molecule has 0 amide bonds. The van der Waals surface area contributed by atoms with Crippen LogP contribution in [0.5, 0.6) is 0 Å². The minimum atomic E-state index is -0.856. The highest BCUT2D eigenvalue weighted by Gasteiger charge is 2.10. The van der Waals surface area contributed by atoms with E-state index in [1.54, 1.807) is 6.07 Å². The molecule has 0 fully saturated rings. The molecular weight excluding hydrogens is 224 g/mol. The van der Waals surface area contributed by atoms with E-state index in [1.807, 2.05) is 6.92 Å². The number of aromatic carboxylic acids is 1. The Hall–Kier alpha value is -0.870. The maximum atomic E-state index is 10.8. The van der Waals surface area contributed by atoms with Crippen LogP contribution in [0.4, 0.5) is 0 Å². The Morgan fingerprint density at radius 1 is 1.50 bits per heavy atom. The number of thiophene rings is 1. The quantitative estimate of drug-likeness (QED) is 0.745. The van der Waals surface area contributed by atoms with Gasteiger partial charge in [0.25, 0.3) is 0 Å². The van der Waals surface area contributed by atoms with Crippen molar-refractivity contribution in [2.24, 2.45) is 0 Å². The number of carboxylic acids is 1. The third-order valence-corrected chi connectivity index (χ3v) is 3.46. The Bertz CT molecular complexity index is 344. The molecule has 1 N–H and O–H groups in total. The smallest absolute Gasteiger partial charge is 0.345 e. The van der Waals surface area contributed by atoms with Crippen LogP contribution in [-0.2, 0) is 11.3 Å². The van der Waals surface area contributed by atoms with Gasteiger partial charge in [-0.1, -0.05) is 19.8 Å². The van der Waals surface area contributed by atoms with Crippen molar-refractivity contribution in [3.8, 4) is 0 Å². The highest BCUT2D eigenvalue weighted by molar-refractivity contribution is 7.14. The van der Waals surface area contributed by atoms with Crippen molar-refractivity contribution in [2.75, 3.05) is 6.61 Å². The average Bonchev–Trinajstić information content (AvgIpc) is 2.60. The maximum absolute atomic E-state index is 10.8. The summed E-state index contributed by atoms with van der Waals surface area (Å²) >= 11 is 1.31. The second kappa shape index (κ2) is 6.66. The average molecular weight is 242 g/mol. The first-order chi connectivity index (χ1) is 7.65. The van der Waals surface area contributed by atoms with Gasteiger partial charge in [-0.3, -0.25) is 0 Å². The normalized spacial score (nSPS) is 10.6. The van der Waals surface area contributed by atoms with E-state index in [9.17, 15) is 4.79 Å². The molecule has 0 unspecified atom stereocenters. The number of hydrogen-bond donors (Lipinski definition) is 1. The molecule has 0 spiro atoms. The molecule has 0 aromatic carbocycles. The van der Waals surface area contributed by atoms with Crippen molar-refractivity contribution in [2.45, 2.75) is 39.7 Å². The van der Waals surface area contributed by atoms with Gasteiger partial charge in [0.1, 0.15) is 4.88 Å². The highest BCUT2D eigenvalue weighted by Crippen LogP contribution is 2.22. The fourth-order valence-corrected chi connectivity index (χ4v) is 2.27. The summed E-state index contributed by atoms with van der Waals surface area (Å²) in [5.41, 5.74) is 0.999. The van der Waals surface area contributed by atoms with Gasteiger partial charge >= 0.3 is 5.97 Å². The zero-order valence-corrected chi connectivity index (χ0v) is 10.6. The number of hydrogen-bond acceptors (Lipinski definition) is 3. The van der Waals surface area contributed by atoms with Crippen molar-refractivity contribution in [3.63, 3.8) is 0 Å². The topological polar surface area (TPSA) is 46.5 Å². The van der Waals surface area contributed by atoms with Gasteiger partial charge in [0, 0.05) is 11.5 Å². The molecule has 4 heteroatoms. The van der Waals surface area contributed by atoms with E-state index in [4.69, 9.17) is 9.84 Å². The van der Waals surface area contributed by atoms with E-state index in [0.29, 0.717) is 11.5 Å². The largest absolute Gasteiger partial charge is 0.477 e. The predicted molar refractivity (Wildman–Crippen MR) is 65.2 cm³/mol. The van der Waals surface area contributed by atoms with Gasteiger partial charge in [0.15, 0.2) is 0 Å². The Morgan fingerprint density at radius 3 is 2.81 bits per heavy atom. The van der Waals surface area contributed by atoms with Crippen LogP contribution in [0.2, 0.25) is 0 Å². The zero-order valence-electron chi connectivity index (χ0n) is 9.78. The summed E-state index contributed by atoms with van der Waals surface area (Å²) in [6, 6.07) is 1.71. The monoisotopic (exact) mass is 242 g/mol. The molecule has 90 valence electrons. The molecular formula is C12H18O3S. The molecule has 1 heterocycles. The third kappa shape index (κ3) is 3.94. The van der Waals surface area contributed by atoms with Gasteiger partial charge < -0.3 is 9.84 Å². The Labute approximate surface area is 100 Å². The van der Waals surface area contributed by atoms with Crippen LogP contribution in [0.3, 0.4) is 0 Å². The van der Waals surface area contributed by atoms with Crippen LogP contribution >= 0.6 is 11.3 Å². The lowest BCUT2D eigenvalue weighted by atomic mass is 10.2. The summed E-state index contributed by atoms with van der Waals surface area (Å²) in [4.78, 5) is 12.2. The second-order valence-electron chi connectivity index (χ2n) is 3.76. The summed E-state index contributed by atoms with van der Waals surface area (Å²) in [5, 5.41) is 8.83. The lowest BCUT2D eigenvalue weighted by Crippen LogP contribution is -1.96. The fraction of sp³-hybridized carbons (Fsp3) is 0.583. The van der Waals surface area contributed by atoms with Crippen LogP contribution in [-0.4, -0.2) is 17.7 Å². The third-order valence-electron chi connectivity index (χ3n) is 2.38. The predicted octanol–water partition coefficient (Wildman–Crippen LogP) is 3.46. The van der Waals surface area contributed by atoms with Gasteiger partial charge in [0.05, 0.1) is 6.61 Å². The molecule has 0 saturated carbocycles. The first-order valence-electron chi connectivity index (χ1n) is 5.55. The Kier molecular flexibility index (Phi) is 5.49. The van der Waals surface area contributed by atoms with Crippen LogP contribution in [0.15, 0.2) is 6.07 Å². The highest BCUT2D eigenvalue weighted by atomic mass is 32.1. The van der Waals surface area contributed by atoms with Crippen molar-refractivity contribution in [1.82, 2.24) is 0 Å². The maximum Gasteiger partial charge on any atom is 0.345 e. The number of rotatable bonds is 7.